The van der Waals surface area contributed by atoms with Gasteiger partial charge in [-0.15, -0.1) is 0 Å². The third-order valence-electron chi connectivity index (χ3n) is 1.11. The lowest BCUT2D eigenvalue weighted by molar-refractivity contribution is 0.621. The van der Waals surface area contributed by atoms with Crippen LogP contribution >= 0.6 is 15.9 Å². The number of anilines is 1. The van der Waals surface area contributed by atoms with Crippen LogP contribution < -0.4 is 11.3 Å². The summed E-state index contributed by atoms with van der Waals surface area (Å²) >= 11 is 3.02. The lowest BCUT2D eigenvalue weighted by Gasteiger charge is -2.01. The molecule has 0 aliphatic carbocycles. The van der Waals surface area contributed by atoms with Gasteiger partial charge in [0.05, 0.1) is 10.2 Å². The van der Waals surface area contributed by atoms with Crippen molar-refractivity contribution in [2.75, 3.05) is 5.43 Å². The van der Waals surface area contributed by atoms with Crippen molar-refractivity contribution in [2.45, 2.75) is 0 Å². The minimum atomic E-state index is -0.324. The van der Waals surface area contributed by atoms with Gasteiger partial charge in [0.2, 0.25) is 0 Å². The van der Waals surface area contributed by atoms with Crippen LogP contribution in [0.5, 0.6) is 0 Å². The van der Waals surface area contributed by atoms with Gasteiger partial charge < -0.3 is 5.43 Å². The summed E-state index contributed by atoms with van der Waals surface area (Å²) in [7, 11) is 0. The molecule has 4 heteroatoms. The van der Waals surface area contributed by atoms with Crippen molar-refractivity contribution in [3.05, 3.63) is 28.5 Å². The van der Waals surface area contributed by atoms with E-state index in [9.17, 15) is 4.39 Å². The van der Waals surface area contributed by atoms with Crippen molar-refractivity contribution in [3.8, 4) is 0 Å². The van der Waals surface area contributed by atoms with Gasteiger partial charge in [-0.1, -0.05) is 6.07 Å². The molecule has 0 atom stereocenters. The summed E-state index contributed by atoms with van der Waals surface area (Å²) < 4.78 is 13.0. The van der Waals surface area contributed by atoms with E-state index in [1.165, 1.54) is 6.07 Å². The Morgan fingerprint density at radius 1 is 1.50 bits per heavy atom. The molecule has 1 rings (SSSR count). The van der Waals surface area contributed by atoms with E-state index in [1.807, 2.05) is 0 Å². The van der Waals surface area contributed by atoms with Crippen LogP contribution in [0.1, 0.15) is 0 Å². The monoisotopic (exact) mass is 204 g/mol. The third-order valence-corrected chi connectivity index (χ3v) is 1.91. The molecule has 0 saturated carbocycles. The molecule has 0 saturated heterocycles. The summed E-state index contributed by atoms with van der Waals surface area (Å²) in [5, 5.41) is 0. The lowest BCUT2D eigenvalue weighted by atomic mass is 10.3. The van der Waals surface area contributed by atoms with Gasteiger partial charge in [0.25, 0.3) is 0 Å². The average Bonchev–Trinajstić information content (AvgIpc) is 1.95. The number of nitrogens with two attached hydrogens (primary N) is 1. The maximum Gasteiger partial charge on any atom is 0.139 e. The van der Waals surface area contributed by atoms with E-state index in [0.29, 0.717) is 10.2 Å². The first-order valence-electron chi connectivity index (χ1n) is 2.66. The van der Waals surface area contributed by atoms with Gasteiger partial charge in [0.1, 0.15) is 5.82 Å². The Labute approximate surface area is 66.3 Å². The van der Waals surface area contributed by atoms with Crippen LogP contribution in [0.25, 0.3) is 0 Å². The molecule has 0 amide bonds. The predicted octanol–water partition coefficient (Wildman–Crippen LogP) is 1.87. The largest absolute Gasteiger partial charge is 0.323 e. The number of benzene rings is 1. The van der Waals surface area contributed by atoms with Crippen LogP contribution in [0.4, 0.5) is 10.1 Å². The van der Waals surface area contributed by atoms with E-state index in [1.54, 1.807) is 12.1 Å². The summed E-state index contributed by atoms with van der Waals surface area (Å²) in [6.07, 6.45) is 0. The van der Waals surface area contributed by atoms with Crippen molar-refractivity contribution >= 4 is 21.6 Å². The number of hydrogen-bond donors (Lipinski definition) is 2. The standard InChI is InChI=1S/C6H6BrFN2/c7-6-4(8)2-1-3-5(6)10-9/h1-3,10H,9H2. The second-order valence-electron chi connectivity index (χ2n) is 1.75. The molecule has 0 spiro atoms. The molecule has 0 bridgehead atoms. The Balaban J connectivity index is 3.14. The van der Waals surface area contributed by atoms with Crippen molar-refractivity contribution in [1.29, 1.82) is 0 Å². The Bertz CT molecular complexity index is 239. The van der Waals surface area contributed by atoms with E-state index in [-0.39, 0.29) is 5.82 Å². The molecular weight excluding hydrogens is 199 g/mol. The Morgan fingerprint density at radius 2 is 2.20 bits per heavy atom. The van der Waals surface area contributed by atoms with Gasteiger partial charge in [-0.05, 0) is 28.1 Å². The number of rotatable bonds is 1. The van der Waals surface area contributed by atoms with E-state index >= 15 is 0 Å². The molecule has 0 aliphatic rings. The second kappa shape index (κ2) is 2.98. The molecule has 0 aliphatic heterocycles. The van der Waals surface area contributed by atoms with Gasteiger partial charge in [0.15, 0.2) is 0 Å². The number of hydrazine groups is 1. The molecule has 0 fully saturated rings. The fourth-order valence-electron chi connectivity index (χ4n) is 0.615. The van der Waals surface area contributed by atoms with Crippen LogP contribution in [0.3, 0.4) is 0 Å². The minimum absolute atomic E-state index is 0.324. The number of nitrogen functional groups attached to an aromatic ring is 1. The molecule has 1 aromatic rings. The second-order valence-corrected chi connectivity index (χ2v) is 2.54. The van der Waals surface area contributed by atoms with E-state index < -0.39 is 0 Å². The number of hydrogen-bond acceptors (Lipinski definition) is 2. The number of nitrogens with one attached hydrogen (secondary N) is 1. The lowest BCUT2D eigenvalue weighted by Crippen LogP contribution is -2.07. The zero-order valence-electron chi connectivity index (χ0n) is 5.07. The molecule has 0 unspecified atom stereocenters. The predicted molar refractivity (Wildman–Crippen MR) is 41.9 cm³/mol. The smallest absolute Gasteiger partial charge is 0.139 e. The molecule has 0 radical (unpaired) electrons. The highest BCUT2D eigenvalue weighted by Gasteiger charge is 2.01. The van der Waals surface area contributed by atoms with Crippen LogP contribution in [0.2, 0.25) is 0 Å². The summed E-state index contributed by atoms with van der Waals surface area (Å²) in [5.74, 6) is 4.75. The van der Waals surface area contributed by atoms with Crippen molar-refractivity contribution in [3.63, 3.8) is 0 Å². The zero-order chi connectivity index (χ0) is 7.56. The fraction of sp³-hybridized carbons (Fsp3) is 0. The number of halogens is 2. The first-order chi connectivity index (χ1) is 4.75. The summed E-state index contributed by atoms with van der Waals surface area (Å²) in [4.78, 5) is 0. The highest BCUT2D eigenvalue weighted by molar-refractivity contribution is 9.10. The topological polar surface area (TPSA) is 38.0 Å². The van der Waals surface area contributed by atoms with E-state index in [4.69, 9.17) is 5.84 Å². The highest BCUT2D eigenvalue weighted by atomic mass is 79.9. The maximum absolute atomic E-state index is 12.6. The quantitative estimate of drug-likeness (QED) is 0.542. The van der Waals surface area contributed by atoms with Gasteiger partial charge in [0, 0.05) is 0 Å². The van der Waals surface area contributed by atoms with Crippen molar-refractivity contribution in [1.82, 2.24) is 0 Å². The van der Waals surface area contributed by atoms with Gasteiger partial charge in [-0.2, -0.15) is 0 Å². The summed E-state index contributed by atoms with van der Waals surface area (Å²) in [6, 6.07) is 4.60. The highest BCUT2D eigenvalue weighted by Crippen LogP contribution is 2.23. The Morgan fingerprint density at radius 3 is 2.70 bits per heavy atom. The molecule has 54 valence electrons. The fourth-order valence-corrected chi connectivity index (χ4v) is 0.994. The minimum Gasteiger partial charge on any atom is -0.323 e. The van der Waals surface area contributed by atoms with Crippen molar-refractivity contribution in [2.24, 2.45) is 5.84 Å². The van der Waals surface area contributed by atoms with E-state index in [0.717, 1.165) is 0 Å². The zero-order valence-corrected chi connectivity index (χ0v) is 6.65. The van der Waals surface area contributed by atoms with E-state index in [2.05, 4.69) is 21.4 Å². The molecule has 1 aromatic carbocycles. The normalized spacial score (nSPS) is 9.50. The molecule has 0 heterocycles. The van der Waals surface area contributed by atoms with Crippen LogP contribution in [-0.2, 0) is 0 Å². The first kappa shape index (κ1) is 7.50. The Kier molecular flexibility index (Phi) is 2.24. The van der Waals surface area contributed by atoms with Crippen molar-refractivity contribution < 1.29 is 4.39 Å². The van der Waals surface area contributed by atoms with Crippen LogP contribution in [-0.4, -0.2) is 0 Å². The summed E-state index contributed by atoms with van der Waals surface area (Å²) in [6.45, 7) is 0. The molecular formula is C6H6BrFN2. The molecule has 0 aromatic heterocycles. The maximum atomic E-state index is 12.6. The SMILES string of the molecule is NNc1cccc(F)c1Br. The Hall–Kier alpha value is -0.610. The third kappa shape index (κ3) is 1.27. The first-order valence-corrected chi connectivity index (χ1v) is 3.45. The van der Waals surface area contributed by atoms with Gasteiger partial charge in [-0.3, -0.25) is 5.84 Å². The van der Waals surface area contributed by atoms with Gasteiger partial charge in [-0.25, -0.2) is 4.39 Å². The van der Waals surface area contributed by atoms with Crippen LogP contribution in [0, 0.1) is 5.82 Å². The molecule has 3 N–H and O–H groups in total. The molecule has 2 nitrogen and oxygen atoms in total. The van der Waals surface area contributed by atoms with Gasteiger partial charge >= 0.3 is 0 Å². The molecule has 10 heavy (non-hydrogen) atoms. The average molecular weight is 205 g/mol. The summed E-state index contributed by atoms with van der Waals surface area (Å²) in [5.41, 5.74) is 2.89. The van der Waals surface area contributed by atoms with Crippen LogP contribution in [0.15, 0.2) is 22.7 Å².